The van der Waals surface area contributed by atoms with Crippen LogP contribution in [0.25, 0.3) is 22.1 Å². The number of fused-ring (bicyclic) bond motifs is 3. The van der Waals surface area contributed by atoms with Crippen LogP contribution in [0.4, 0.5) is 0 Å². The van der Waals surface area contributed by atoms with E-state index in [-0.39, 0.29) is 23.6 Å². The molecule has 3 rings (SSSR count). The zero-order valence-corrected chi connectivity index (χ0v) is 12.8. The summed E-state index contributed by atoms with van der Waals surface area (Å²) < 4.78 is 6.84. The van der Waals surface area contributed by atoms with Crippen LogP contribution in [0.15, 0.2) is 39.8 Å². The van der Waals surface area contributed by atoms with Gasteiger partial charge in [0.2, 0.25) is 11.5 Å². The van der Waals surface area contributed by atoms with E-state index in [1.54, 1.807) is 6.07 Å². The Hall–Kier alpha value is -2.67. The number of benzene rings is 1. The van der Waals surface area contributed by atoms with Crippen LogP contribution >= 0.6 is 0 Å². The number of rotatable bonds is 6. The van der Waals surface area contributed by atoms with Gasteiger partial charge in [0, 0.05) is 11.9 Å². The van der Waals surface area contributed by atoms with Crippen molar-refractivity contribution < 1.29 is 9.21 Å². The molecule has 120 valence electrons. The average molecular weight is 314 g/mol. The van der Waals surface area contributed by atoms with Crippen LogP contribution < -0.4 is 16.2 Å². The molecule has 2 N–H and O–H groups in total. The topological polar surface area (TPSA) is 89.2 Å². The minimum atomic E-state index is -0.350. The van der Waals surface area contributed by atoms with Crippen LogP contribution in [0.3, 0.4) is 0 Å². The molecule has 0 fully saturated rings. The van der Waals surface area contributed by atoms with Gasteiger partial charge in [0.1, 0.15) is 17.6 Å². The van der Waals surface area contributed by atoms with Crippen LogP contribution in [0.5, 0.6) is 0 Å². The fourth-order valence-corrected chi connectivity index (χ4v) is 2.43. The fraction of sp³-hybridized carbons (Fsp3) is 0.312. The molecular formula is C16H18N4O3. The van der Waals surface area contributed by atoms with Gasteiger partial charge >= 0.3 is 0 Å². The predicted molar refractivity (Wildman–Crippen MR) is 87.3 cm³/mol. The van der Waals surface area contributed by atoms with Gasteiger partial charge in [-0.15, -0.1) is 0 Å². The number of hydrogen-bond donors (Lipinski definition) is 2. The number of carbonyl (C=O) groups excluding carboxylic acids is 1. The third kappa shape index (κ3) is 3.09. The molecule has 1 amide bonds. The Morgan fingerprint density at radius 1 is 1.30 bits per heavy atom. The molecule has 3 aromatic rings. The monoisotopic (exact) mass is 314 g/mol. The van der Waals surface area contributed by atoms with E-state index in [1.807, 2.05) is 25.2 Å². The van der Waals surface area contributed by atoms with Crippen LogP contribution in [0, 0.1) is 0 Å². The first-order valence-electron chi connectivity index (χ1n) is 7.48. The Bertz CT molecular complexity index is 897. The van der Waals surface area contributed by atoms with Gasteiger partial charge in [-0.25, -0.2) is 4.98 Å². The molecule has 0 bridgehead atoms. The molecule has 2 aromatic heterocycles. The summed E-state index contributed by atoms with van der Waals surface area (Å²) in [7, 11) is 1.86. The number of aromatic nitrogens is 2. The fourth-order valence-electron chi connectivity index (χ4n) is 2.43. The summed E-state index contributed by atoms with van der Waals surface area (Å²) in [4.78, 5) is 28.6. The van der Waals surface area contributed by atoms with Gasteiger partial charge in [0.05, 0.1) is 6.33 Å². The molecule has 7 nitrogen and oxygen atoms in total. The summed E-state index contributed by atoms with van der Waals surface area (Å²) >= 11 is 0. The molecule has 0 saturated heterocycles. The molecule has 0 radical (unpaired) electrons. The second-order valence-electron chi connectivity index (χ2n) is 5.26. The molecule has 7 heteroatoms. The molecule has 0 aliphatic carbocycles. The number of amides is 1. The van der Waals surface area contributed by atoms with E-state index in [2.05, 4.69) is 15.6 Å². The highest BCUT2D eigenvalue weighted by Crippen LogP contribution is 2.23. The Morgan fingerprint density at radius 3 is 2.96 bits per heavy atom. The van der Waals surface area contributed by atoms with Gasteiger partial charge in [0.25, 0.3) is 5.56 Å². The summed E-state index contributed by atoms with van der Waals surface area (Å²) in [6, 6.07) is 7.34. The van der Waals surface area contributed by atoms with Gasteiger partial charge < -0.3 is 15.1 Å². The second-order valence-corrected chi connectivity index (χ2v) is 5.26. The Labute approximate surface area is 132 Å². The van der Waals surface area contributed by atoms with Crippen molar-refractivity contribution in [3.63, 3.8) is 0 Å². The van der Waals surface area contributed by atoms with Crippen molar-refractivity contribution in [2.24, 2.45) is 0 Å². The van der Waals surface area contributed by atoms with Crippen LogP contribution in [0.1, 0.15) is 6.42 Å². The molecule has 0 aliphatic rings. The molecule has 23 heavy (non-hydrogen) atoms. The molecule has 0 spiro atoms. The standard InChI is InChI=1S/C16H18N4O3/c1-17-7-4-8-18-13(21)9-20-10-19-14-11-5-2-3-6-12(11)23-15(14)16(20)22/h2-3,5-6,10,17H,4,7-9H2,1H3,(H,18,21). The Kier molecular flexibility index (Phi) is 4.38. The summed E-state index contributed by atoms with van der Waals surface area (Å²) in [6.45, 7) is 1.32. The maximum Gasteiger partial charge on any atom is 0.297 e. The molecule has 1 aromatic carbocycles. The molecule has 0 atom stereocenters. The first-order valence-corrected chi connectivity index (χ1v) is 7.48. The lowest BCUT2D eigenvalue weighted by atomic mass is 10.2. The summed E-state index contributed by atoms with van der Waals surface area (Å²) in [6.07, 6.45) is 2.22. The summed E-state index contributed by atoms with van der Waals surface area (Å²) in [5.74, 6) is -0.222. The summed E-state index contributed by atoms with van der Waals surface area (Å²) in [5, 5.41) is 6.57. The van der Waals surface area contributed by atoms with E-state index in [1.165, 1.54) is 10.9 Å². The van der Waals surface area contributed by atoms with Crippen molar-refractivity contribution in [2.75, 3.05) is 20.1 Å². The lowest BCUT2D eigenvalue weighted by molar-refractivity contribution is -0.121. The normalized spacial score (nSPS) is 11.2. The van der Waals surface area contributed by atoms with Gasteiger partial charge in [-0.05, 0) is 32.1 Å². The third-order valence-corrected chi connectivity index (χ3v) is 3.59. The maximum absolute atomic E-state index is 12.4. The minimum Gasteiger partial charge on any atom is -0.448 e. The van der Waals surface area contributed by atoms with E-state index >= 15 is 0 Å². The highest BCUT2D eigenvalue weighted by Gasteiger charge is 2.14. The van der Waals surface area contributed by atoms with Crippen molar-refractivity contribution in [3.05, 3.63) is 40.9 Å². The van der Waals surface area contributed by atoms with Crippen LogP contribution in [-0.2, 0) is 11.3 Å². The zero-order valence-electron chi connectivity index (χ0n) is 12.8. The average Bonchev–Trinajstić information content (AvgIpc) is 2.94. The maximum atomic E-state index is 12.4. The molecule has 0 saturated carbocycles. The second kappa shape index (κ2) is 6.62. The number of carbonyl (C=O) groups is 1. The van der Waals surface area contributed by atoms with E-state index in [9.17, 15) is 9.59 Å². The zero-order chi connectivity index (χ0) is 16.2. The smallest absolute Gasteiger partial charge is 0.297 e. The number of nitrogens with zero attached hydrogens (tertiary/aromatic N) is 2. The van der Waals surface area contributed by atoms with Crippen molar-refractivity contribution in [1.82, 2.24) is 20.2 Å². The lowest BCUT2D eigenvalue weighted by Crippen LogP contribution is -2.33. The first-order chi connectivity index (χ1) is 11.2. The molecule has 0 unspecified atom stereocenters. The van der Waals surface area contributed by atoms with Gasteiger partial charge in [-0.2, -0.15) is 0 Å². The van der Waals surface area contributed by atoms with Gasteiger partial charge in [-0.1, -0.05) is 12.1 Å². The first kappa shape index (κ1) is 15.2. The van der Waals surface area contributed by atoms with Crippen molar-refractivity contribution in [3.8, 4) is 0 Å². The third-order valence-electron chi connectivity index (χ3n) is 3.59. The van der Waals surface area contributed by atoms with E-state index in [0.29, 0.717) is 17.6 Å². The van der Waals surface area contributed by atoms with E-state index < -0.39 is 0 Å². The Morgan fingerprint density at radius 2 is 2.13 bits per heavy atom. The number of hydrogen-bond acceptors (Lipinski definition) is 5. The minimum absolute atomic E-state index is 0.0711. The van der Waals surface area contributed by atoms with Gasteiger partial charge in [0.15, 0.2) is 0 Å². The molecule has 2 heterocycles. The predicted octanol–water partition coefficient (Wildman–Crippen LogP) is 0.868. The highest BCUT2D eigenvalue weighted by atomic mass is 16.3. The highest BCUT2D eigenvalue weighted by molar-refractivity contribution is 6.01. The van der Waals surface area contributed by atoms with Crippen LogP contribution in [0.2, 0.25) is 0 Å². The molecular weight excluding hydrogens is 296 g/mol. The number of furan rings is 1. The lowest BCUT2D eigenvalue weighted by Gasteiger charge is -2.06. The number of para-hydroxylation sites is 1. The Balaban J connectivity index is 1.82. The summed E-state index contributed by atoms with van der Waals surface area (Å²) in [5.41, 5.74) is 0.964. The molecule has 0 aliphatic heterocycles. The van der Waals surface area contributed by atoms with Crippen molar-refractivity contribution >= 4 is 28.0 Å². The van der Waals surface area contributed by atoms with Crippen molar-refractivity contribution in [1.29, 1.82) is 0 Å². The SMILES string of the molecule is CNCCCNC(=O)Cn1cnc2c(oc3ccccc32)c1=O. The van der Waals surface area contributed by atoms with Crippen molar-refractivity contribution in [2.45, 2.75) is 13.0 Å². The van der Waals surface area contributed by atoms with Crippen LogP contribution in [-0.4, -0.2) is 35.6 Å². The number of nitrogens with one attached hydrogen (secondary N) is 2. The quantitative estimate of drug-likeness (QED) is 0.659. The van der Waals surface area contributed by atoms with Gasteiger partial charge in [-0.3, -0.25) is 14.2 Å². The van der Waals surface area contributed by atoms with E-state index in [4.69, 9.17) is 4.42 Å². The van der Waals surface area contributed by atoms with E-state index in [0.717, 1.165) is 18.4 Å². The largest absolute Gasteiger partial charge is 0.448 e.